The fraction of sp³-hybridized carbons (Fsp3) is 0.364. The maximum atomic E-state index is 12.5. The molecule has 0 spiro atoms. The molecule has 4 rings (SSSR count). The van der Waals surface area contributed by atoms with Crippen LogP contribution in [-0.4, -0.2) is 28.0 Å². The zero-order chi connectivity index (χ0) is 18.6. The van der Waals surface area contributed by atoms with Gasteiger partial charge in [0, 0.05) is 25.0 Å². The third-order valence-corrected chi connectivity index (χ3v) is 5.33. The Balaban J connectivity index is 0.00000150. The van der Waals surface area contributed by atoms with E-state index in [1.54, 1.807) is 0 Å². The fourth-order valence-corrected chi connectivity index (χ4v) is 3.87. The van der Waals surface area contributed by atoms with Crippen molar-refractivity contribution in [1.29, 1.82) is 0 Å². The molecular formula is C22H28Cl2N4O. The molecule has 3 aromatic rings. The zero-order valence-electron chi connectivity index (χ0n) is 16.5. The summed E-state index contributed by atoms with van der Waals surface area (Å²) >= 11 is 0. The summed E-state index contributed by atoms with van der Waals surface area (Å²) in [5.41, 5.74) is 4.49. The summed E-state index contributed by atoms with van der Waals surface area (Å²) in [7, 11) is 0. The summed E-state index contributed by atoms with van der Waals surface area (Å²) in [6.45, 7) is 4.42. The van der Waals surface area contributed by atoms with Gasteiger partial charge in [0.2, 0.25) is 5.91 Å². The minimum Gasteiger partial charge on any atom is -0.352 e. The second-order valence-electron chi connectivity index (χ2n) is 7.48. The Kier molecular flexibility index (Phi) is 8.50. The monoisotopic (exact) mass is 434 g/mol. The second-order valence-corrected chi connectivity index (χ2v) is 7.48. The number of carbonyl (C=O) groups is 1. The van der Waals surface area contributed by atoms with Gasteiger partial charge in [-0.05, 0) is 49.6 Å². The Hall–Kier alpha value is -2.08. The number of hydrogen-bond donors (Lipinski definition) is 2. The molecule has 1 aromatic heterocycles. The Morgan fingerprint density at radius 1 is 1.17 bits per heavy atom. The molecule has 2 aromatic carbocycles. The number of nitrogens with zero attached hydrogens (tertiary/aromatic N) is 2. The molecule has 0 aliphatic carbocycles. The van der Waals surface area contributed by atoms with E-state index in [0.717, 1.165) is 42.5 Å². The maximum Gasteiger partial charge on any atom is 0.223 e. The number of imidazole rings is 1. The summed E-state index contributed by atoms with van der Waals surface area (Å²) in [5.74, 6) is 0.302. The molecule has 0 radical (unpaired) electrons. The number of benzene rings is 2. The third-order valence-electron chi connectivity index (χ3n) is 5.33. The van der Waals surface area contributed by atoms with Crippen LogP contribution in [0.1, 0.15) is 30.9 Å². The first-order valence-corrected chi connectivity index (χ1v) is 9.68. The average Bonchev–Trinajstić information content (AvgIpc) is 3.09. The lowest BCUT2D eigenvalue weighted by molar-refractivity contribution is -0.126. The number of nitrogens with one attached hydrogen (secondary N) is 2. The molecule has 1 amide bonds. The van der Waals surface area contributed by atoms with E-state index in [-0.39, 0.29) is 36.6 Å². The highest BCUT2D eigenvalue weighted by Gasteiger charge is 2.24. The quantitative estimate of drug-likeness (QED) is 0.639. The van der Waals surface area contributed by atoms with E-state index in [0.29, 0.717) is 12.6 Å². The number of amides is 1. The van der Waals surface area contributed by atoms with Gasteiger partial charge in [-0.25, -0.2) is 4.98 Å². The zero-order valence-corrected chi connectivity index (χ0v) is 18.1. The Labute approximate surface area is 184 Å². The molecule has 0 bridgehead atoms. The largest absolute Gasteiger partial charge is 0.352 e. The van der Waals surface area contributed by atoms with E-state index in [1.165, 1.54) is 5.56 Å². The fourth-order valence-electron chi connectivity index (χ4n) is 3.87. The van der Waals surface area contributed by atoms with Gasteiger partial charge in [0.15, 0.2) is 0 Å². The molecule has 2 heterocycles. The van der Waals surface area contributed by atoms with Crippen LogP contribution in [0.25, 0.3) is 11.0 Å². The van der Waals surface area contributed by atoms with Gasteiger partial charge >= 0.3 is 0 Å². The van der Waals surface area contributed by atoms with Crippen LogP contribution in [-0.2, 0) is 17.9 Å². The lowest BCUT2D eigenvalue weighted by Gasteiger charge is -2.27. The molecule has 2 atom stereocenters. The summed E-state index contributed by atoms with van der Waals surface area (Å²) in [4.78, 5) is 16.9. The standard InChI is InChI=1S/C22H26N4O.2ClH/c1-16-11-19(9-10-23-16)22(27)24-13-17-5-4-6-18(12-17)14-26-15-25-20-7-2-3-8-21(20)26;;/h2-8,12,15-16,19,23H,9-11,13-14H2,1H3,(H,24,27);2*1H/t16-,19-;;/m0../s1. The van der Waals surface area contributed by atoms with Crippen molar-refractivity contribution in [2.75, 3.05) is 6.54 Å². The van der Waals surface area contributed by atoms with Gasteiger partial charge < -0.3 is 15.2 Å². The van der Waals surface area contributed by atoms with Crippen molar-refractivity contribution in [3.05, 3.63) is 66.0 Å². The van der Waals surface area contributed by atoms with Gasteiger partial charge in [-0.1, -0.05) is 36.4 Å². The number of carbonyl (C=O) groups excluding carboxylic acids is 1. The molecule has 7 heteroatoms. The molecule has 1 aliphatic heterocycles. The normalized spacial score (nSPS) is 18.5. The van der Waals surface area contributed by atoms with Gasteiger partial charge in [0.25, 0.3) is 0 Å². The summed E-state index contributed by atoms with van der Waals surface area (Å²) < 4.78 is 2.16. The van der Waals surface area contributed by atoms with Crippen LogP contribution in [0.2, 0.25) is 0 Å². The van der Waals surface area contributed by atoms with Crippen molar-refractivity contribution >= 4 is 41.8 Å². The molecule has 1 saturated heterocycles. The molecule has 0 unspecified atom stereocenters. The van der Waals surface area contributed by atoms with Gasteiger partial charge in [0.05, 0.1) is 17.4 Å². The smallest absolute Gasteiger partial charge is 0.223 e. The summed E-state index contributed by atoms with van der Waals surface area (Å²) in [5, 5.41) is 6.51. The lowest BCUT2D eigenvalue weighted by atomic mass is 9.92. The topological polar surface area (TPSA) is 59.0 Å². The SMILES string of the molecule is C[C@H]1C[C@@H](C(=O)NCc2cccc(Cn3cnc4ccccc43)c2)CCN1.Cl.Cl. The van der Waals surface area contributed by atoms with Gasteiger partial charge in [-0.3, -0.25) is 4.79 Å². The number of piperidine rings is 1. The predicted molar refractivity (Wildman–Crippen MR) is 122 cm³/mol. The van der Waals surface area contributed by atoms with Gasteiger partial charge in [0.1, 0.15) is 0 Å². The van der Waals surface area contributed by atoms with Crippen LogP contribution in [0, 0.1) is 5.92 Å². The molecule has 2 N–H and O–H groups in total. The molecule has 1 fully saturated rings. The second kappa shape index (κ2) is 10.6. The number of para-hydroxylation sites is 2. The number of fused-ring (bicyclic) bond motifs is 1. The van der Waals surface area contributed by atoms with Crippen LogP contribution in [0.15, 0.2) is 54.9 Å². The molecule has 156 valence electrons. The number of hydrogen-bond acceptors (Lipinski definition) is 3. The van der Waals surface area contributed by atoms with Crippen LogP contribution < -0.4 is 10.6 Å². The van der Waals surface area contributed by atoms with E-state index in [2.05, 4.69) is 57.4 Å². The first-order valence-electron chi connectivity index (χ1n) is 9.68. The van der Waals surface area contributed by atoms with E-state index < -0.39 is 0 Å². The highest BCUT2D eigenvalue weighted by atomic mass is 35.5. The minimum absolute atomic E-state index is 0. The molecule has 5 nitrogen and oxygen atoms in total. The van der Waals surface area contributed by atoms with Crippen LogP contribution in [0.4, 0.5) is 0 Å². The molecule has 29 heavy (non-hydrogen) atoms. The average molecular weight is 435 g/mol. The number of halogens is 2. The lowest BCUT2D eigenvalue weighted by Crippen LogP contribution is -2.42. The van der Waals surface area contributed by atoms with E-state index in [1.807, 2.05) is 24.5 Å². The number of aromatic nitrogens is 2. The minimum atomic E-state index is 0. The van der Waals surface area contributed by atoms with E-state index in [9.17, 15) is 4.79 Å². The van der Waals surface area contributed by atoms with Crippen molar-refractivity contribution in [2.24, 2.45) is 5.92 Å². The van der Waals surface area contributed by atoms with Crippen LogP contribution in [0.3, 0.4) is 0 Å². The summed E-state index contributed by atoms with van der Waals surface area (Å²) in [6, 6.07) is 17.0. The highest BCUT2D eigenvalue weighted by Crippen LogP contribution is 2.17. The van der Waals surface area contributed by atoms with E-state index in [4.69, 9.17) is 0 Å². The molecule has 0 saturated carbocycles. The van der Waals surface area contributed by atoms with Crippen LogP contribution in [0.5, 0.6) is 0 Å². The first kappa shape index (κ1) is 23.2. The van der Waals surface area contributed by atoms with Crippen molar-refractivity contribution in [2.45, 2.75) is 38.9 Å². The van der Waals surface area contributed by atoms with Crippen molar-refractivity contribution in [3.8, 4) is 0 Å². The molecular weight excluding hydrogens is 407 g/mol. The Morgan fingerprint density at radius 2 is 1.97 bits per heavy atom. The van der Waals surface area contributed by atoms with Crippen molar-refractivity contribution in [3.63, 3.8) is 0 Å². The van der Waals surface area contributed by atoms with Crippen molar-refractivity contribution < 1.29 is 4.79 Å². The van der Waals surface area contributed by atoms with Crippen molar-refractivity contribution in [1.82, 2.24) is 20.2 Å². The van der Waals surface area contributed by atoms with Gasteiger partial charge in [-0.15, -0.1) is 24.8 Å². The highest BCUT2D eigenvalue weighted by molar-refractivity contribution is 5.85. The van der Waals surface area contributed by atoms with Crippen LogP contribution >= 0.6 is 24.8 Å². The molecule has 1 aliphatic rings. The maximum absolute atomic E-state index is 12.5. The third kappa shape index (κ3) is 5.72. The Bertz CT molecular complexity index is 943. The Morgan fingerprint density at radius 3 is 2.79 bits per heavy atom. The van der Waals surface area contributed by atoms with E-state index >= 15 is 0 Å². The summed E-state index contributed by atoms with van der Waals surface area (Å²) in [6.07, 6.45) is 3.72. The predicted octanol–water partition coefficient (Wildman–Crippen LogP) is 3.93. The first-order chi connectivity index (χ1) is 13.2. The number of rotatable bonds is 5. The van der Waals surface area contributed by atoms with Gasteiger partial charge in [-0.2, -0.15) is 0 Å².